The first kappa shape index (κ1) is 19.3. The maximum atomic E-state index is 7.71. The van der Waals surface area contributed by atoms with Gasteiger partial charge in [0.1, 0.15) is 12.1 Å². The molecule has 1 heterocycles. The van der Waals surface area contributed by atoms with Gasteiger partial charge in [0.25, 0.3) is 0 Å². The molecule has 0 atom stereocenters. The second kappa shape index (κ2) is 8.95. The normalized spacial score (nSPS) is 20.7. The molecule has 0 saturated heterocycles. The van der Waals surface area contributed by atoms with E-state index in [1.54, 1.807) is 6.33 Å². The number of hydrogen-bond donors (Lipinski definition) is 3. The maximum Gasteiger partial charge on any atom is 0.137 e. The number of fused-ring (bicyclic) bond motifs is 1. The largest absolute Gasteiger partial charge is 0.391 e. The van der Waals surface area contributed by atoms with Crippen molar-refractivity contribution in [2.24, 2.45) is 0 Å². The summed E-state index contributed by atoms with van der Waals surface area (Å²) >= 11 is 0. The van der Waals surface area contributed by atoms with Crippen LogP contribution in [0.2, 0.25) is 0 Å². The average Bonchev–Trinajstić information content (AvgIpc) is 2.69. The van der Waals surface area contributed by atoms with E-state index in [0.717, 1.165) is 47.2 Å². The van der Waals surface area contributed by atoms with Gasteiger partial charge in [-0.3, -0.25) is 0 Å². The molecule has 27 heavy (non-hydrogen) atoms. The number of allylic oxidation sites excluding steroid dienone is 1. The minimum atomic E-state index is 0.447. The second-order valence-electron chi connectivity index (χ2n) is 7.37. The fraction of sp³-hybridized carbons (Fsp3) is 0.476. The van der Waals surface area contributed by atoms with Gasteiger partial charge in [-0.25, -0.2) is 9.97 Å². The summed E-state index contributed by atoms with van der Waals surface area (Å²) in [4.78, 5) is 11.3. The van der Waals surface area contributed by atoms with Crippen LogP contribution in [-0.2, 0) is 0 Å². The molecule has 0 radical (unpaired) electrons. The van der Waals surface area contributed by atoms with Crippen molar-refractivity contribution < 1.29 is 0 Å². The standard InChI is InChI=1S/C21H30N6/c1-4-23-13-16(12-22)15-5-10-20-19(11-15)21(25-14-24-20)26-17-6-8-18(9-7-17)27(2)3/h5,10-14,17-18,22-23H,4,6-9H2,1-3H3,(H,24,25,26)/b16-13+,22-12?. The topological polar surface area (TPSA) is 76.9 Å². The first-order chi connectivity index (χ1) is 13.1. The van der Waals surface area contributed by atoms with Gasteiger partial charge < -0.3 is 20.9 Å². The Morgan fingerprint density at radius 1 is 1.22 bits per heavy atom. The number of hydrogen-bond acceptors (Lipinski definition) is 6. The highest BCUT2D eigenvalue weighted by Gasteiger charge is 2.23. The van der Waals surface area contributed by atoms with E-state index < -0.39 is 0 Å². The summed E-state index contributed by atoms with van der Waals surface area (Å²) in [5, 5.41) is 15.5. The molecule has 0 unspecified atom stereocenters. The summed E-state index contributed by atoms with van der Waals surface area (Å²) in [6.45, 7) is 2.87. The van der Waals surface area contributed by atoms with Crippen LogP contribution in [0.5, 0.6) is 0 Å². The van der Waals surface area contributed by atoms with Gasteiger partial charge >= 0.3 is 0 Å². The molecular weight excluding hydrogens is 336 g/mol. The van der Waals surface area contributed by atoms with Crippen LogP contribution in [0.15, 0.2) is 30.7 Å². The molecule has 1 aliphatic rings. The van der Waals surface area contributed by atoms with Crippen molar-refractivity contribution in [3.8, 4) is 0 Å². The molecule has 3 rings (SSSR count). The third-order valence-electron chi connectivity index (χ3n) is 5.35. The summed E-state index contributed by atoms with van der Waals surface area (Å²) in [6.07, 6.45) is 9.61. The molecule has 1 fully saturated rings. The molecule has 1 aromatic heterocycles. The molecule has 0 spiro atoms. The minimum Gasteiger partial charge on any atom is -0.391 e. The second-order valence-corrected chi connectivity index (χ2v) is 7.37. The Bertz CT molecular complexity index is 805. The van der Waals surface area contributed by atoms with Crippen LogP contribution >= 0.6 is 0 Å². The Morgan fingerprint density at radius 3 is 2.67 bits per heavy atom. The van der Waals surface area contributed by atoms with E-state index in [-0.39, 0.29) is 0 Å². The summed E-state index contributed by atoms with van der Waals surface area (Å²) in [5.41, 5.74) is 2.76. The number of benzene rings is 1. The Morgan fingerprint density at radius 2 is 2.00 bits per heavy atom. The predicted octanol–water partition coefficient (Wildman–Crippen LogP) is 3.51. The van der Waals surface area contributed by atoms with Crippen LogP contribution in [0.25, 0.3) is 16.5 Å². The van der Waals surface area contributed by atoms with Gasteiger partial charge in [-0.1, -0.05) is 6.07 Å². The van der Waals surface area contributed by atoms with E-state index in [9.17, 15) is 0 Å². The van der Waals surface area contributed by atoms with Gasteiger partial charge in [0.05, 0.1) is 5.52 Å². The highest BCUT2D eigenvalue weighted by molar-refractivity contribution is 6.09. The lowest BCUT2D eigenvalue weighted by atomic mass is 9.90. The summed E-state index contributed by atoms with van der Waals surface area (Å²) < 4.78 is 0. The van der Waals surface area contributed by atoms with Crippen LogP contribution in [0.1, 0.15) is 38.2 Å². The number of aromatic nitrogens is 2. The van der Waals surface area contributed by atoms with Crippen LogP contribution in [-0.4, -0.2) is 53.8 Å². The van der Waals surface area contributed by atoms with E-state index in [0.29, 0.717) is 12.1 Å². The smallest absolute Gasteiger partial charge is 0.137 e. The van der Waals surface area contributed by atoms with Gasteiger partial charge in [0.2, 0.25) is 0 Å². The minimum absolute atomic E-state index is 0.447. The Kier molecular flexibility index (Phi) is 6.40. The quantitative estimate of drug-likeness (QED) is 0.654. The molecule has 0 bridgehead atoms. The lowest BCUT2D eigenvalue weighted by molar-refractivity contribution is 0.221. The van der Waals surface area contributed by atoms with Crippen molar-refractivity contribution in [1.29, 1.82) is 5.41 Å². The third-order valence-corrected chi connectivity index (χ3v) is 5.35. The number of nitrogens with zero attached hydrogens (tertiary/aromatic N) is 3. The van der Waals surface area contributed by atoms with Gasteiger partial charge in [-0.05, 0) is 64.4 Å². The first-order valence-electron chi connectivity index (χ1n) is 9.74. The zero-order chi connectivity index (χ0) is 19.2. The molecule has 0 aliphatic heterocycles. The number of anilines is 1. The van der Waals surface area contributed by atoms with Crippen LogP contribution < -0.4 is 10.6 Å². The van der Waals surface area contributed by atoms with Crippen molar-refractivity contribution in [2.75, 3.05) is 26.0 Å². The Labute approximate surface area is 161 Å². The molecule has 2 aromatic rings. The van der Waals surface area contributed by atoms with E-state index in [1.165, 1.54) is 19.1 Å². The SMILES string of the molecule is CCN/C=C(\C=N)c1ccc2ncnc(NC3CCC(N(C)C)CC3)c2c1. The molecule has 144 valence electrons. The molecule has 1 aromatic carbocycles. The molecule has 6 nitrogen and oxygen atoms in total. The van der Waals surface area contributed by atoms with Gasteiger partial charge in [-0.2, -0.15) is 0 Å². The van der Waals surface area contributed by atoms with Crippen molar-refractivity contribution in [1.82, 2.24) is 20.2 Å². The van der Waals surface area contributed by atoms with E-state index >= 15 is 0 Å². The Balaban J connectivity index is 1.83. The van der Waals surface area contributed by atoms with Crippen molar-refractivity contribution in [3.63, 3.8) is 0 Å². The summed E-state index contributed by atoms with van der Waals surface area (Å²) in [7, 11) is 4.33. The molecular formula is C21H30N6. The summed E-state index contributed by atoms with van der Waals surface area (Å²) in [5.74, 6) is 0.892. The van der Waals surface area contributed by atoms with Crippen LogP contribution in [0, 0.1) is 5.41 Å². The molecule has 0 amide bonds. The van der Waals surface area contributed by atoms with Crippen molar-refractivity contribution in [3.05, 3.63) is 36.3 Å². The number of nitrogens with one attached hydrogen (secondary N) is 3. The highest BCUT2D eigenvalue weighted by atomic mass is 15.1. The molecule has 6 heteroatoms. The van der Waals surface area contributed by atoms with Crippen LogP contribution in [0.3, 0.4) is 0 Å². The lowest BCUT2D eigenvalue weighted by Gasteiger charge is -2.33. The van der Waals surface area contributed by atoms with Crippen LogP contribution in [0.4, 0.5) is 5.82 Å². The average molecular weight is 367 g/mol. The monoisotopic (exact) mass is 366 g/mol. The predicted molar refractivity (Wildman–Crippen MR) is 113 cm³/mol. The first-order valence-corrected chi connectivity index (χ1v) is 9.74. The maximum absolute atomic E-state index is 7.71. The van der Waals surface area contributed by atoms with E-state index in [4.69, 9.17) is 5.41 Å². The lowest BCUT2D eigenvalue weighted by Crippen LogP contribution is -2.36. The Hall–Kier alpha value is -2.47. The zero-order valence-electron chi connectivity index (χ0n) is 16.5. The molecule has 1 aliphatic carbocycles. The van der Waals surface area contributed by atoms with E-state index in [1.807, 2.05) is 25.3 Å². The number of rotatable bonds is 7. The highest BCUT2D eigenvalue weighted by Crippen LogP contribution is 2.28. The fourth-order valence-electron chi connectivity index (χ4n) is 3.70. The molecule has 1 saturated carbocycles. The van der Waals surface area contributed by atoms with Gasteiger partial charge in [-0.15, -0.1) is 0 Å². The van der Waals surface area contributed by atoms with Gasteiger partial charge in [0.15, 0.2) is 0 Å². The van der Waals surface area contributed by atoms with Crippen molar-refractivity contribution in [2.45, 2.75) is 44.7 Å². The summed E-state index contributed by atoms with van der Waals surface area (Å²) in [6, 6.07) is 7.22. The van der Waals surface area contributed by atoms with Crippen molar-refractivity contribution >= 4 is 28.5 Å². The fourth-order valence-corrected chi connectivity index (χ4v) is 3.70. The van der Waals surface area contributed by atoms with E-state index in [2.05, 4.69) is 45.7 Å². The zero-order valence-corrected chi connectivity index (χ0v) is 16.5. The molecule has 3 N–H and O–H groups in total. The third kappa shape index (κ3) is 4.63. The van der Waals surface area contributed by atoms with Gasteiger partial charge in [0, 0.05) is 42.0 Å².